The van der Waals surface area contributed by atoms with Gasteiger partial charge in [0.2, 0.25) is 0 Å². The van der Waals surface area contributed by atoms with Gasteiger partial charge in [-0.25, -0.2) is 4.99 Å². The van der Waals surface area contributed by atoms with Crippen LogP contribution in [0.4, 0.5) is 13.2 Å². The third-order valence-electron chi connectivity index (χ3n) is 3.71. The van der Waals surface area contributed by atoms with E-state index in [1.807, 2.05) is 24.4 Å². The molecule has 2 aromatic rings. The van der Waals surface area contributed by atoms with Crippen LogP contribution in [-0.4, -0.2) is 30.7 Å². The van der Waals surface area contributed by atoms with Gasteiger partial charge in [-0.05, 0) is 43.5 Å². The number of benzene rings is 1. The summed E-state index contributed by atoms with van der Waals surface area (Å²) in [6.07, 6.45) is -4.39. The first-order valence-corrected chi connectivity index (χ1v) is 9.55. The maximum atomic E-state index is 12.7. The molecule has 0 bridgehead atoms. The van der Waals surface area contributed by atoms with Crippen molar-refractivity contribution in [1.82, 2.24) is 10.6 Å². The Hall–Kier alpha value is -2.50. The number of thiophene rings is 1. The van der Waals surface area contributed by atoms with Gasteiger partial charge in [0.05, 0.1) is 18.7 Å². The van der Waals surface area contributed by atoms with Gasteiger partial charge in [-0.2, -0.15) is 13.2 Å². The molecule has 8 heteroatoms. The summed E-state index contributed by atoms with van der Waals surface area (Å²) in [4.78, 5) is 5.18. The molecule has 1 heterocycles. The Morgan fingerprint density at radius 1 is 1.21 bits per heavy atom. The van der Waals surface area contributed by atoms with Gasteiger partial charge in [0.1, 0.15) is 5.60 Å². The van der Waals surface area contributed by atoms with Crippen molar-refractivity contribution in [2.45, 2.75) is 25.6 Å². The number of halogens is 3. The number of rotatable bonds is 5. The lowest BCUT2D eigenvalue weighted by molar-refractivity contribution is -0.137. The van der Waals surface area contributed by atoms with E-state index in [0.29, 0.717) is 18.1 Å². The van der Waals surface area contributed by atoms with Crippen molar-refractivity contribution >= 4 is 17.3 Å². The molecule has 1 atom stereocenters. The Bertz CT molecular complexity index is 850. The van der Waals surface area contributed by atoms with Crippen LogP contribution in [0, 0.1) is 11.8 Å². The topological polar surface area (TPSA) is 56.7 Å². The van der Waals surface area contributed by atoms with Crippen molar-refractivity contribution in [1.29, 1.82) is 0 Å². The van der Waals surface area contributed by atoms with Crippen molar-refractivity contribution in [3.8, 4) is 11.8 Å². The molecule has 0 saturated heterocycles. The Balaban J connectivity index is 1.98. The van der Waals surface area contributed by atoms with E-state index < -0.39 is 17.3 Å². The Kier molecular flexibility index (Phi) is 7.49. The lowest BCUT2D eigenvalue weighted by atomic mass is 10.1. The molecule has 150 valence electrons. The van der Waals surface area contributed by atoms with E-state index in [9.17, 15) is 18.3 Å². The molecule has 1 aromatic heterocycles. The second-order valence-corrected chi connectivity index (χ2v) is 7.13. The third kappa shape index (κ3) is 6.59. The smallest absolute Gasteiger partial charge is 0.383 e. The average Bonchev–Trinajstić information content (AvgIpc) is 3.18. The molecule has 28 heavy (non-hydrogen) atoms. The lowest BCUT2D eigenvalue weighted by Crippen LogP contribution is -2.39. The average molecular weight is 409 g/mol. The number of hydrogen-bond donors (Lipinski definition) is 3. The zero-order chi connectivity index (χ0) is 20.6. The molecule has 0 aliphatic carbocycles. The van der Waals surface area contributed by atoms with Gasteiger partial charge in [0.25, 0.3) is 0 Å². The molecule has 0 saturated carbocycles. The van der Waals surface area contributed by atoms with Crippen LogP contribution in [0.5, 0.6) is 0 Å². The summed E-state index contributed by atoms with van der Waals surface area (Å²) in [6, 6.07) is 8.60. The fourth-order valence-corrected chi connectivity index (χ4v) is 3.06. The fraction of sp³-hybridized carbons (Fsp3) is 0.350. The first-order valence-electron chi connectivity index (χ1n) is 8.67. The zero-order valence-corrected chi connectivity index (χ0v) is 16.4. The number of guanidine groups is 1. The van der Waals surface area contributed by atoms with E-state index in [0.717, 1.165) is 17.0 Å². The van der Waals surface area contributed by atoms with Gasteiger partial charge in [0.15, 0.2) is 5.96 Å². The highest BCUT2D eigenvalue weighted by atomic mass is 32.1. The molecule has 0 spiro atoms. The number of aliphatic imine (C=N–C) groups is 1. The van der Waals surface area contributed by atoms with Crippen LogP contribution < -0.4 is 10.6 Å². The van der Waals surface area contributed by atoms with Crippen LogP contribution in [-0.2, 0) is 11.8 Å². The largest absolute Gasteiger partial charge is 0.416 e. The fourth-order valence-electron chi connectivity index (χ4n) is 2.29. The first-order chi connectivity index (χ1) is 13.2. The summed E-state index contributed by atoms with van der Waals surface area (Å²) in [6.45, 7) is 4.57. The normalized spacial score (nSPS) is 14.0. The van der Waals surface area contributed by atoms with Crippen molar-refractivity contribution in [2.24, 2.45) is 4.99 Å². The Morgan fingerprint density at radius 2 is 2.00 bits per heavy atom. The molecular weight excluding hydrogens is 387 g/mol. The second kappa shape index (κ2) is 9.62. The Morgan fingerprint density at radius 3 is 2.64 bits per heavy atom. The van der Waals surface area contributed by atoms with Crippen molar-refractivity contribution < 1.29 is 18.3 Å². The van der Waals surface area contributed by atoms with Crippen LogP contribution in [0.1, 0.15) is 29.9 Å². The molecule has 0 aliphatic rings. The second-order valence-electron chi connectivity index (χ2n) is 6.18. The minimum atomic E-state index is -4.39. The quantitative estimate of drug-likeness (QED) is 0.402. The summed E-state index contributed by atoms with van der Waals surface area (Å²) in [5.41, 5.74) is -1.52. The highest BCUT2D eigenvalue weighted by Crippen LogP contribution is 2.29. The first kappa shape index (κ1) is 21.8. The third-order valence-corrected chi connectivity index (χ3v) is 4.83. The van der Waals surface area contributed by atoms with E-state index in [1.54, 1.807) is 6.92 Å². The molecule has 0 aliphatic heterocycles. The van der Waals surface area contributed by atoms with Crippen LogP contribution >= 0.6 is 11.3 Å². The number of hydrogen-bond acceptors (Lipinski definition) is 3. The molecule has 0 fully saturated rings. The van der Waals surface area contributed by atoms with Gasteiger partial charge in [0, 0.05) is 17.0 Å². The predicted molar refractivity (Wildman–Crippen MR) is 106 cm³/mol. The van der Waals surface area contributed by atoms with Gasteiger partial charge < -0.3 is 15.7 Å². The molecule has 1 unspecified atom stereocenters. The Labute approximate surface area is 166 Å². The highest BCUT2D eigenvalue weighted by Gasteiger charge is 2.30. The molecular formula is C20H22F3N3OS. The standard InChI is InChI=1S/C20H22F3N3OS/c1-3-24-18(26-14-19(2,27)17-10-6-12-28-17)25-11-5-8-15-7-4-9-16(13-15)20(21,22)23/h4,6-7,9-10,12-13,27H,3,11,14H2,1-2H3,(H2,24,25,26). The van der Waals surface area contributed by atoms with E-state index >= 15 is 0 Å². The summed E-state index contributed by atoms with van der Waals surface area (Å²) in [5, 5.41) is 18.5. The number of alkyl halides is 3. The highest BCUT2D eigenvalue weighted by molar-refractivity contribution is 7.10. The van der Waals surface area contributed by atoms with Gasteiger partial charge in [-0.15, -0.1) is 11.3 Å². The molecule has 2 rings (SSSR count). The molecule has 4 nitrogen and oxygen atoms in total. The SMILES string of the molecule is CCNC(=NCC(C)(O)c1cccs1)NCC#Cc1cccc(C(F)(F)F)c1. The minimum absolute atomic E-state index is 0.157. The molecule has 3 N–H and O–H groups in total. The predicted octanol–water partition coefficient (Wildman–Crippen LogP) is 3.58. The minimum Gasteiger partial charge on any atom is -0.383 e. The van der Waals surface area contributed by atoms with Crippen LogP contribution in [0.25, 0.3) is 0 Å². The van der Waals surface area contributed by atoms with Crippen molar-refractivity contribution in [3.05, 3.63) is 57.8 Å². The number of nitrogens with one attached hydrogen (secondary N) is 2. The number of aliphatic hydroxyl groups is 1. The monoisotopic (exact) mass is 409 g/mol. The van der Waals surface area contributed by atoms with E-state index in [2.05, 4.69) is 27.5 Å². The van der Waals surface area contributed by atoms with Crippen LogP contribution in [0.2, 0.25) is 0 Å². The number of nitrogens with zero attached hydrogens (tertiary/aromatic N) is 1. The van der Waals surface area contributed by atoms with Crippen molar-refractivity contribution in [2.75, 3.05) is 19.6 Å². The summed E-state index contributed by atoms with van der Waals surface area (Å²) >= 11 is 1.45. The van der Waals surface area contributed by atoms with E-state index in [4.69, 9.17) is 0 Å². The van der Waals surface area contributed by atoms with Crippen LogP contribution in [0.15, 0.2) is 46.8 Å². The van der Waals surface area contributed by atoms with Crippen LogP contribution in [0.3, 0.4) is 0 Å². The molecule has 1 aromatic carbocycles. The maximum absolute atomic E-state index is 12.7. The lowest BCUT2D eigenvalue weighted by Gasteiger charge is -2.20. The van der Waals surface area contributed by atoms with Gasteiger partial charge >= 0.3 is 6.18 Å². The zero-order valence-electron chi connectivity index (χ0n) is 15.6. The molecule has 0 radical (unpaired) electrons. The van der Waals surface area contributed by atoms with E-state index in [-0.39, 0.29) is 13.1 Å². The summed E-state index contributed by atoms with van der Waals surface area (Å²) in [7, 11) is 0. The maximum Gasteiger partial charge on any atom is 0.416 e. The summed E-state index contributed by atoms with van der Waals surface area (Å²) < 4.78 is 38.2. The van der Waals surface area contributed by atoms with Gasteiger partial charge in [-0.1, -0.05) is 24.0 Å². The van der Waals surface area contributed by atoms with Crippen molar-refractivity contribution in [3.63, 3.8) is 0 Å². The van der Waals surface area contributed by atoms with E-state index in [1.165, 1.54) is 23.5 Å². The molecule has 0 amide bonds. The summed E-state index contributed by atoms with van der Waals surface area (Å²) in [5.74, 6) is 5.96. The van der Waals surface area contributed by atoms with Gasteiger partial charge in [-0.3, -0.25) is 0 Å².